The van der Waals surface area contributed by atoms with Crippen molar-refractivity contribution < 1.29 is 24.5 Å². The quantitative estimate of drug-likeness (QED) is 0.685. The molecular formula is C22H31N3O5. The fraction of sp³-hybridized carbons (Fsp3) is 0.591. The van der Waals surface area contributed by atoms with Crippen LogP contribution < -0.4 is 10.1 Å². The van der Waals surface area contributed by atoms with Gasteiger partial charge >= 0.3 is 6.09 Å². The maximum Gasteiger partial charge on any atom is 0.407 e. The van der Waals surface area contributed by atoms with Crippen molar-refractivity contribution in [1.82, 2.24) is 15.3 Å². The number of rotatable bonds is 5. The van der Waals surface area contributed by atoms with Gasteiger partial charge in [-0.2, -0.15) is 0 Å². The molecule has 1 fully saturated rings. The molecule has 2 atom stereocenters. The van der Waals surface area contributed by atoms with E-state index in [9.17, 15) is 15.0 Å². The van der Waals surface area contributed by atoms with Gasteiger partial charge in [0.25, 0.3) is 0 Å². The van der Waals surface area contributed by atoms with Gasteiger partial charge in [-0.25, -0.2) is 9.78 Å². The van der Waals surface area contributed by atoms with Gasteiger partial charge in [0.05, 0.1) is 24.2 Å². The zero-order valence-electron chi connectivity index (χ0n) is 18.0. The van der Waals surface area contributed by atoms with Gasteiger partial charge in [-0.3, -0.25) is 4.98 Å². The monoisotopic (exact) mass is 417 g/mol. The van der Waals surface area contributed by atoms with Gasteiger partial charge in [-0.15, -0.1) is 0 Å². The standard InChI is InChI=1S/C22H31N3O5/c1-22(2,3)30-21(28)24-14-7-5-13(6-8-14)19(26)20(27)15-11-12-23-16-9-10-17(29-4)25-18(15)16/h9-14,19-20,26-27H,5-8H2,1-4H3,(H,24,28)/t13-,14-,19-,20-/m0/s1. The van der Waals surface area contributed by atoms with Crippen LogP contribution in [0.3, 0.4) is 0 Å². The second kappa shape index (κ2) is 9.14. The number of nitrogens with zero attached hydrogens (tertiary/aromatic N) is 2. The number of hydrogen-bond donors (Lipinski definition) is 3. The number of aromatic nitrogens is 2. The molecule has 1 aliphatic rings. The number of pyridine rings is 2. The lowest BCUT2D eigenvalue weighted by molar-refractivity contribution is -0.0304. The molecule has 3 N–H and O–H groups in total. The van der Waals surface area contributed by atoms with Crippen molar-refractivity contribution in [2.75, 3.05) is 7.11 Å². The van der Waals surface area contributed by atoms with E-state index >= 15 is 0 Å². The molecule has 1 saturated carbocycles. The number of amides is 1. The van der Waals surface area contributed by atoms with Gasteiger partial charge in [0.1, 0.15) is 11.7 Å². The second-order valence-electron chi connectivity index (χ2n) is 8.81. The molecule has 8 nitrogen and oxygen atoms in total. The predicted molar refractivity (Wildman–Crippen MR) is 112 cm³/mol. The molecule has 3 rings (SSSR count). The van der Waals surface area contributed by atoms with Crippen LogP contribution in [0.25, 0.3) is 11.0 Å². The summed E-state index contributed by atoms with van der Waals surface area (Å²) < 4.78 is 10.5. The number of ether oxygens (including phenoxy) is 2. The molecule has 0 spiro atoms. The van der Waals surface area contributed by atoms with E-state index in [4.69, 9.17) is 9.47 Å². The molecule has 30 heavy (non-hydrogen) atoms. The lowest BCUT2D eigenvalue weighted by Crippen LogP contribution is -2.42. The van der Waals surface area contributed by atoms with Crippen molar-refractivity contribution >= 4 is 17.1 Å². The Bertz CT molecular complexity index is 875. The third kappa shape index (κ3) is 5.37. The van der Waals surface area contributed by atoms with Crippen LogP contribution in [0, 0.1) is 5.92 Å². The Morgan fingerprint density at radius 3 is 2.50 bits per heavy atom. The lowest BCUT2D eigenvalue weighted by atomic mass is 9.80. The molecule has 2 aromatic heterocycles. The van der Waals surface area contributed by atoms with Crippen LogP contribution in [0.1, 0.15) is 58.1 Å². The van der Waals surface area contributed by atoms with Crippen molar-refractivity contribution in [2.24, 2.45) is 5.92 Å². The van der Waals surface area contributed by atoms with Crippen LogP contribution in [0.4, 0.5) is 4.79 Å². The smallest absolute Gasteiger partial charge is 0.407 e. The number of aliphatic hydroxyl groups is 2. The number of aliphatic hydroxyl groups excluding tert-OH is 2. The van der Waals surface area contributed by atoms with E-state index in [1.54, 1.807) is 24.4 Å². The molecule has 0 aliphatic heterocycles. The minimum Gasteiger partial charge on any atom is -0.481 e. The Labute approximate surface area is 176 Å². The van der Waals surface area contributed by atoms with Gasteiger partial charge in [-0.05, 0) is 64.5 Å². The minimum absolute atomic E-state index is 0.00752. The molecule has 1 aliphatic carbocycles. The van der Waals surface area contributed by atoms with E-state index in [0.717, 1.165) is 12.8 Å². The highest BCUT2D eigenvalue weighted by Crippen LogP contribution is 2.34. The second-order valence-corrected chi connectivity index (χ2v) is 8.81. The molecule has 0 radical (unpaired) electrons. The molecule has 8 heteroatoms. The Morgan fingerprint density at radius 1 is 1.17 bits per heavy atom. The van der Waals surface area contributed by atoms with Crippen LogP contribution in [-0.4, -0.2) is 51.1 Å². The van der Waals surface area contributed by atoms with Gasteiger partial charge in [-0.1, -0.05) is 0 Å². The summed E-state index contributed by atoms with van der Waals surface area (Å²) in [6, 6.07) is 5.17. The minimum atomic E-state index is -1.09. The van der Waals surface area contributed by atoms with E-state index in [1.807, 2.05) is 20.8 Å². The third-order valence-electron chi connectivity index (χ3n) is 5.42. The van der Waals surface area contributed by atoms with E-state index in [2.05, 4.69) is 15.3 Å². The summed E-state index contributed by atoms with van der Waals surface area (Å²) in [4.78, 5) is 20.6. The van der Waals surface area contributed by atoms with E-state index in [0.29, 0.717) is 35.3 Å². The fourth-order valence-electron chi connectivity index (χ4n) is 3.90. The maximum atomic E-state index is 12.0. The summed E-state index contributed by atoms with van der Waals surface area (Å²) in [5.41, 5.74) is 1.14. The van der Waals surface area contributed by atoms with Crippen LogP contribution in [0.2, 0.25) is 0 Å². The first-order valence-electron chi connectivity index (χ1n) is 10.3. The molecule has 1 amide bonds. The summed E-state index contributed by atoms with van der Waals surface area (Å²) in [6.07, 6.45) is 1.98. The zero-order chi connectivity index (χ0) is 21.9. The highest BCUT2D eigenvalue weighted by Gasteiger charge is 2.33. The summed E-state index contributed by atoms with van der Waals surface area (Å²) in [7, 11) is 1.53. The highest BCUT2D eigenvalue weighted by molar-refractivity contribution is 5.78. The van der Waals surface area contributed by atoms with Crippen LogP contribution in [-0.2, 0) is 4.74 Å². The Kier molecular flexibility index (Phi) is 6.77. The van der Waals surface area contributed by atoms with E-state index in [-0.39, 0.29) is 12.0 Å². The zero-order valence-corrected chi connectivity index (χ0v) is 18.0. The first-order valence-corrected chi connectivity index (χ1v) is 10.3. The molecule has 0 unspecified atom stereocenters. The van der Waals surface area contributed by atoms with Crippen molar-refractivity contribution in [2.45, 2.75) is 70.3 Å². The van der Waals surface area contributed by atoms with Crippen LogP contribution in [0.5, 0.6) is 5.88 Å². The van der Waals surface area contributed by atoms with Gasteiger partial charge in [0.2, 0.25) is 5.88 Å². The number of nitrogens with one attached hydrogen (secondary N) is 1. The first kappa shape index (κ1) is 22.2. The first-order chi connectivity index (χ1) is 14.2. The number of fused-ring (bicyclic) bond motifs is 1. The summed E-state index contributed by atoms with van der Waals surface area (Å²) in [5.74, 6) is 0.345. The fourth-order valence-corrected chi connectivity index (χ4v) is 3.90. The predicted octanol–water partition coefficient (Wildman–Crippen LogP) is 3.12. The Morgan fingerprint density at radius 2 is 1.87 bits per heavy atom. The number of carbonyl (C=O) groups excluding carboxylic acids is 1. The number of methoxy groups -OCH3 is 1. The molecular weight excluding hydrogens is 386 g/mol. The summed E-state index contributed by atoms with van der Waals surface area (Å²) in [5, 5.41) is 24.7. The Balaban J connectivity index is 1.63. The highest BCUT2D eigenvalue weighted by atomic mass is 16.6. The maximum absolute atomic E-state index is 12.0. The summed E-state index contributed by atoms with van der Waals surface area (Å²) >= 11 is 0. The normalized spacial score (nSPS) is 21.7. The van der Waals surface area contributed by atoms with E-state index in [1.165, 1.54) is 7.11 Å². The van der Waals surface area contributed by atoms with Crippen LogP contribution in [0.15, 0.2) is 24.4 Å². The van der Waals surface area contributed by atoms with Gasteiger partial charge < -0.3 is 25.0 Å². The topological polar surface area (TPSA) is 114 Å². The van der Waals surface area contributed by atoms with E-state index < -0.39 is 23.9 Å². The molecule has 2 heterocycles. The summed E-state index contributed by atoms with van der Waals surface area (Å²) in [6.45, 7) is 5.48. The average Bonchev–Trinajstić information content (AvgIpc) is 2.71. The third-order valence-corrected chi connectivity index (χ3v) is 5.42. The molecule has 0 bridgehead atoms. The lowest BCUT2D eigenvalue weighted by Gasteiger charge is -2.34. The van der Waals surface area contributed by atoms with Crippen molar-refractivity contribution in [3.63, 3.8) is 0 Å². The number of alkyl carbamates (subject to hydrolysis) is 1. The van der Waals surface area contributed by atoms with Gasteiger partial charge in [0, 0.05) is 23.9 Å². The molecule has 164 valence electrons. The van der Waals surface area contributed by atoms with Crippen molar-refractivity contribution in [3.05, 3.63) is 30.0 Å². The molecule has 0 aromatic carbocycles. The largest absolute Gasteiger partial charge is 0.481 e. The average molecular weight is 418 g/mol. The van der Waals surface area contributed by atoms with Crippen molar-refractivity contribution in [3.8, 4) is 5.88 Å². The number of carbonyl (C=O) groups is 1. The van der Waals surface area contributed by atoms with Gasteiger partial charge in [0.15, 0.2) is 0 Å². The van der Waals surface area contributed by atoms with Crippen molar-refractivity contribution in [1.29, 1.82) is 0 Å². The SMILES string of the molecule is COc1ccc2nccc([C@H](O)[C@@H](O)[C@H]3CC[C@H](NC(=O)OC(C)(C)C)CC3)c2n1. The molecule has 0 saturated heterocycles. The Hall–Kier alpha value is -2.45. The molecule has 2 aromatic rings. The van der Waals surface area contributed by atoms with Crippen LogP contribution >= 0.6 is 0 Å². The number of hydrogen-bond acceptors (Lipinski definition) is 7.